The minimum absolute atomic E-state index is 0.442. The van der Waals surface area contributed by atoms with Crippen molar-refractivity contribution in [3.63, 3.8) is 0 Å². The first-order valence-electron chi connectivity index (χ1n) is 7.46. The van der Waals surface area contributed by atoms with Gasteiger partial charge < -0.3 is 4.74 Å². The first kappa shape index (κ1) is 17.2. The summed E-state index contributed by atoms with van der Waals surface area (Å²) in [5, 5.41) is -0.442. The number of esters is 2. The van der Waals surface area contributed by atoms with E-state index in [1.54, 1.807) is 0 Å². The molecule has 2 aromatic carbocycles. The van der Waals surface area contributed by atoms with Gasteiger partial charge in [-0.1, -0.05) is 67.6 Å². The first-order valence-corrected chi connectivity index (χ1v) is 7.90. The van der Waals surface area contributed by atoms with Crippen molar-refractivity contribution in [1.29, 1.82) is 0 Å². The molecule has 0 spiro atoms. The van der Waals surface area contributed by atoms with Crippen molar-refractivity contribution in [1.82, 2.24) is 0 Å². The predicted octanol–water partition coefficient (Wildman–Crippen LogP) is 4.11. The fraction of sp³-hybridized carbons (Fsp3) is 0.211. The van der Waals surface area contributed by atoms with E-state index in [1.807, 2.05) is 67.6 Å². The molecule has 119 valence electrons. The van der Waals surface area contributed by atoms with Crippen LogP contribution in [-0.2, 0) is 14.3 Å². The van der Waals surface area contributed by atoms with Crippen LogP contribution < -0.4 is 0 Å². The Balaban J connectivity index is 2.21. The highest BCUT2D eigenvalue weighted by atomic mass is 35.5. The normalized spacial score (nSPS) is 12.0. The summed E-state index contributed by atoms with van der Waals surface area (Å²) in [6, 6.07) is 18.5. The van der Waals surface area contributed by atoms with Crippen molar-refractivity contribution in [2.24, 2.45) is 0 Å². The van der Waals surface area contributed by atoms with Gasteiger partial charge in [0.05, 0.1) is 6.42 Å². The molecule has 2 rings (SSSR count). The third-order valence-electron chi connectivity index (χ3n) is 3.41. The van der Waals surface area contributed by atoms with Crippen LogP contribution in [0.4, 0.5) is 0 Å². The molecule has 0 aliphatic carbocycles. The van der Waals surface area contributed by atoms with E-state index < -0.39 is 23.2 Å². The second-order valence-electron chi connectivity index (χ2n) is 5.09. The van der Waals surface area contributed by atoms with E-state index in [0.717, 1.165) is 11.1 Å². The maximum atomic E-state index is 12.5. The van der Waals surface area contributed by atoms with Crippen molar-refractivity contribution >= 4 is 23.5 Å². The minimum atomic E-state index is -0.714. The molecule has 0 N–H and O–H groups in total. The number of carbonyl (C=O) groups is 2. The van der Waals surface area contributed by atoms with Crippen LogP contribution in [0.15, 0.2) is 60.7 Å². The van der Waals surface area contributed by atoms with Gasteiger partial charge in [0.25, 0.3) is 0 Å². The Bertz CT molecular complexity index is 601. The molecule has 2 aromatic rings. The lowest BCUT2D eigenvalue weighted by Crippen LogP contribution is -2.22. The van der Waals surface area contributed by atoms with Crippen LogP contribution in [0.2, 0.25) is 0 Å². The average Bonchev–Trinajstić information content (AvgIpc) is 2.56. The molecule has 0 amide bonds. The van der Waals surface area contributed by atoms with E-state index >= 15 is 0 Å². The van der Waals surface area contributed by atoms with E-state index in [0.29, 0.717) is 6.42 Å². The lowest BCUT2D eigenvalue weighted by Gasteiger charge is -2.16. The molecule has 0 aliphatic rings. The average molecular weight is 330 g/mol. The molecule has 0 saturated carbocycles. The van der Waals surface area contributed by atoms with Crippen molar-refractivity contribution in [2.45, 2.75) is 24.6 Å². The van der Waals surface area contributed by atoms with Gasteiger partial charge in [0.15, 0.2) is 0 Å². The molecule has 0 fully saturated rings. The molecule has 23 heavy (non-hydrogen) atoms. The summed E-state index contributed by atoms with van der Waals surface area (Å²) in [7, 11) is 0. The van der Waals surface area contributed by atoms with Crippen LogP contribution in [0.3, 0.4) is 0 Å². The quantitative estimate of drug-likeness (QED) is 0.455. The predicted molar refractivity (Wildman–Crippen MR) is 90.1 cm³/mol. The van der Waals surface area contributed by atoms with Gasteiger partial charge in [0.1, 0.15) is 5.92 Å². The molecular formula is C19H18ClO3. The number of rotatable bonds is 6. The zero-order valence-electron chi connectivity index (χ0n) is 12.8. The molecule has 0 heterocycles. The van der Waals surface area contributed by atoms with Crippen LogP contribution in [-0.4, -0.2) is 17.3 Å². The van der Waals surface area contributed by atoms with Gasteiger partial charge in [-0.05, 0) is 17.5 Å². The van der Waals surface area contributed by atoms with Crippen LogP contribution >= 0.6 is 11.6 Å². The summed E-state index contributed by atoms with van der Waals surface area (Å²) in [6.45, 7) is 1.85. The molecule has 1 radical (unpaired) electrons. The first-order chi connectivity index (χ1) is 11.1. The highest BCUT2D eigenvalue weighted by molar-refractivity contribution is 6.23. The van der Waals surface area contributed by atoms with Crippen molar-refractivity contribution < 1.29 is 14.3 Å². The Morgan fingerprint density at radius 1 is 1.00 bits per heavy atom. The Morgan fingerprint density at radius 3 is 1.91 bits per heavy atom. The van der Waals surface area contributed by atoms with Crippen LogP contribution in [0, 0.1) is 6.42 Å². The number of hydrogen-bond acceptors (Lipinski definition) is 3. The van der Waals surface area contributed by atoms with E-state index in [4.69, 9.17) is 16.3 Å². The molecule has 1 atom stereocenters. The standard InChI is InChI=1S/C19H18ClO3/c1-2-16(20)13-17(21)23-19(22)18(14-9-5-3-6-10-14)15-11-7-4-8-12-15/h3-13,16,18H,2H2,1H3. The van der Waals surface area contributed by atoms with Crippen molar-refractivity contribution in [3.05, 3.63) is 78.2 Å². The van der Waals surface area contributed by atoms with Gasteiger partial charge in [-0.2, -0.15) is 0 Å². The Hall–Kier alpha value is -2.13. The number of alkyl halides is 1. The Morgan fingerprint density at radius 2 is 1.48 bits per heavy atom. The van der Waals surface area contributed by atoms with E-state index in [-0.39, 0.29) is 0 Å². The topological polar surface area (TPSA) is 43.4 Å². The highest BCUT2D eigenvalue weighted by Gasteiger charge is 2.27. The summed E-state index contributed by atoms with van der Waals surface area (Å²) in [5.74, 6) is -1.97. The Labute approximate surface area is 141 Å². The van der Waals surface area contributed by atoms with Gasteiger partial charge in [-0.25, -0.2) is 0 Å². The van der Waals surface area contributed by atoms with Crippen molar-refractivity contribution in [3.8, 4) is 0 Å². The molecule has 4 heteroatoms. The van der Waals surface area contributed by atoms with Crippen LogP contribution in [0.25, 0.3) is 0 Å². The van der Waals surface area contributed by atoms with Gasteiger partial charge in [-0.3, -0.25) is 9.59 Å². The fourth-order valence-corrected chi connectivity index (χ4v) is 2.32. The summed E-state index contributed by atoms with van der Waals surface area (Å²) in [5.41, 5.74) is 1.55. The third-order valence-corrected chi connectivity index (χ3v) is 3.84. The molecular weight excluding hydrogens is 312 g/mol. The maximum absolute atomic E-state index is 12.5. The lowest BCUT2D eigenvalue weighted by molar-refractivity contribution is -0.157. The molecule has 3 nitrogen and oxygen atoms in total. The largest absolute Gasteiger partial charge is 0.392 e. The summed E-state index contributed by atoms with van der Waals surface area (Å²) in [6.07, 6.45) is 1.80. The lowest BCUT2D eigenvalue weighted by atomic mass is 9.91. The minimum Gasteiger partial charge on any atom is -0.392 e. The number of ether oxygens (including phenoxy) is 1. The third kappa shape index (κ3) is 4.93. The van der Waals surface area contributed by atoms with E-state index in [2.05, 4.69) is 0 Å². The molecule has 0 aliphatic heterocycles. The highest BCUT2D eigenvalue weighted by Crippen LogP contribution is 2.26. The molecule has 0 saturated heterocycles. The van der Waals surface area contributed by atoms with Crippen LogP contribution in [0.5, 0.6) is 0 Å². The van der Waals surface area contributed by atoms with Crippen molar-refractivity contribution in [2.75, 3.05) is 0 Å². The van der Waals surface area contributed by atoms with Gasteiger partial charge in [0, 0.05) is 5.38 Å². The monoisotopic (exact) mass is 329 g/mol. The zero-order chi connectivity index (χ0) is 16.7. The van der Waals surface area contributed by atoms with Crippen LogP contribution in [0.1, 0.15) is 30.4 Å². The number of carbonyl (C=O) groups excluding carboxylic acids is 2. The van der Waals surface area contributed by atoms with E-state index in [1.165, 1.54) is 6.42 Å². The molecule has 0 bridgehead atoms. The second-order valence-corrected chi connectivity index (χ2v) is 5.65. The zero-order valence-corrected chi connectivity index (χ0v) is 13.6. The number of hydrogen-bond donors (Lipinski definition) is 0. The maximum Gasteiger partial charge on any atom is 0.325 e. The SMILES string of the molecule is CCC(Cl)[CH]C(=O)OC(=O)C(c1ccccc1)c1ccccc1. The smallest absolute Gasteiger partial charge is 0.325 e. The summed E-state index contributed by atoms with van der Waals surface area (Å²) < 4.78 is 4.98. The summed E-state index contributed by atoms with van der Waals surface area (Å²) >= 11 is 5.89. The molecule has 0 aromatic heterocycles. The van der Waals surface area contributed by atoms with Gasteiger partial charge >= 0.3 is 11.9 Å². The number of halogens is 1. The fourth-order valence-electron chi connectivity index (χ4n) is 2.21. The van der Waals surface area contributed by atoms with E-state index in [9.17, 15) is 9.59 Å². The molecule has 1 unspecified atom stereocenters. The second kappa shape index (κ2) is 8.49. The summed E-state index contributed by atoms with van der Waals surface area (Å²) in [4.78, 5) is 24.3. The Kier molecular flexibility index (Phi) is 6.36. The van der Waals surface area contributed by atoms with Gasteiger partial charge in [-0.15, -0.1) is 11.6 Å². The number of benzene rings is 2. The van der Waals surface area contributed by atoms with Gasteiger partial charge in [0.2, 0.25) is 0 Å².